The number of ether oxygens (including phenoxy) is 1. The summed E-state index contributed by atoms with van der Waals surface area (Å²) in [5, 5.41) is 2.95. The predicted octanol–water partition coefficient (Wildman–Crippen LogP) is 1.19. The van der Waals surface area contributed by atoms with Crippen molar-refractivity contribution >= 4 is 28.8 Å². The first-order valence-corrected chi connectivity index (χ1v) is 5.68. The molecule has 2 heterocycles. The Labute approximate surface area is 92.2 Å². The summed E-state index contributed by atoms with van der Waals surface area (Å²) in [5.74, 6) is 0. The summed E-state index contributed by atoms with van der Waals surface area (Å²) >= 11 is 1.60. The zero-order valence-electron chi connectivity index (χ0n) is 8.26. The van der Waals surface area contributed by atoms with E-state index in [-0.39, 0.29) is 0 Å². The van der Waals surface area contributed by atoms with Gasteiger partial charge in [-0.2, -0.15) is 0 Å². The third-order valence-electron chi connectivity index (χ3n) is 2.14. The van der Waals surface area contributed by atoms with Crippen LogP contribution in [0, 0.1) is 0 Å². The van der Waals surface area contributed by atoms with Crippen LogP contribution in [0.15, 0.2) is 11.5 Å². The van der Waals surface area contributed by atoms with Crippen molar-refractivity contribution in [3.05, 3.63) is 17.2 Å². The van der Waals surface area contributed by atoms with Gasteiger partial charge in [0.15, 0.2) is 5.13 Å². The van der Waals surface area contributed by atoms with Crippen molar-refractivity contribution < 1.29 is 9.53 Å². The van der Waals surface area contributed by atoms with Crippen LogP contribution in [0.3, 0.4) is 0 Å². The second-order valence-electron chi connectivity index (χ2n) is 3.15. The van der Waals surface area contributed by atoms with Crippen LogP contribution in [0.4, 0.5) is 5.13 Å². The van der Waals surface area contributed by atoms with Gasteiger partial charge in [0.05, 0.1) is 18.9 Å². The summed E-state index contributed by atoms with van der Waals surface area (Å²) in [5.41, 5.74) is 0.841. The highest BCUT2D eigenvalue weighted by Gasteiger charge is 2.13. The van der Waals surface area contributed by atoms with Gasteiger partial charge in [0.25, 0.3) is 0 Å². The van der Waals surface area contributed by atoms with Gasteiger partial charge >= 0.3 is 0 Å². The zero-order valence-corrected chi connectivity index (χ0v) is 9.07. The van der Waals surface area contributed by atoms with E-state index in [1.54, 1.807) is 17.4 Å². The number of rotatable bonds is 3. The van der Waals surface area contributed by atoms with Crippen LogP contribution in [0.2, 0.25) is 0 Å². The average Bonchev–Trinajstić information content (AvgIpc) is 2.76. The molecule has 4 nitrogen and oxygen atoms in total. The quantitative estimate of drug-likeness (QED) is 0.571. The largest absolute Gasteiger partial charge is 0.378 e. The number of carbonyl (C=O) groups is 1. The van der Waals surface area contributed by atoms with E-state index in [2.05, 4.69) is 9.88 Å². The van der Waals surface area contributed by atoms with Gasteiger partial charge in [0.1, 0.15) is 6.29 Å². The number of hydrogen-bond donors (Lipinski definition) is 0. The minimum Gasteiger partial charge on any atom is -0.378 e. The molecule has 80 valence electrons. The summed E-state index contributed by atoms with van der Waals surface area (Å²) in [6.07, 6.45) is 3.93. The Morgan fingerprint density at radius 2 is 2.27 bits per heavy atom. The number of thiazole rings is 1. The molecule has 0 unspecified atom stereocenters. The Kier molecular flexibility index (Phi) is 3.47. The molecule has 1 aromatic heterocycles. The van der Waals surface area contributed by atoms with Crippen LogP contribution in [0.1, 0.15) is 5.69 Å². The van der Waals surface area contributed by atoms with E-state index >= 15 is 0 Å². The first-order valence-electron chi connectivity index (χ1n) is 4.80. The van der Waals surface area contributed by atoms with Crippen molar-refractivity contribution in [3.63, 3.8) is 0 Å². The van der Waals surface area contributed by atoms with Gasteiger partial charge in [-0.15, -0.1) is 11.3 Å². The smallest absolute Gasteiger partial charge is 0.185 e. The maximum atomic E-state index is 10.1. The van der Waals surface area contributed by atoms with Crippen LogP contribution in [0.25, 0.3) is 6.08 Å². The second-order valence-corrected chi connectivity index (χ2v) is 3.99. The molecule has 0 aliphatic carbocycles. The van der Waals surface area contributed by atoms with Crippen LogP contribution >= 0.6 is 11.3 Å². The van der Waals surface area contributed by atoms with Crippen LogP contribution in [-0.4, -0.2) is 37.6 Å². The third-order valence-corrected chi connectivity index (χ3v) is 3.06. The van der Waals surface area contributed by atoms with E-state index in [9.17, 15) is 4.79 Å². The Bertz CT molecular complexity index is 356. The van der Waals surface area contributed by atoms with E-state index in [1.807, 2.05) is 5.38 Å². The number of hydrogen-bond acceptors (Lipinski definition) is 5. The second kappa shape index (κ2) is 5.04. The Hall–Kier alpha value is -1.20. The van der Waals surface area contributed by atoms with Gasteiger partial charge in [-0.05, 0) is 12.2 Å². The number of anilines is 1. The minimum atomic E-state index is 0.758. The molecule has 5 heteroatoms. The van der Waals surface area contributed by atoms with E-state index in [0.29, 0.717) is 0 Å². The lowest BCUT2D eigenvalue weighted by Crippen LogP contribution is -2.36. The summed E-state index contributed by atoms with van der Waals surface area (Å²) in [6.45, 7) is 3.31. The topological polar surface area (TPSA) is 42.4 Å². The highest BCUT2D eigenvalue weighted by atomic mass is 32.1. The first kappa shape index (κ1) is 10.3. The Morgan fingerprint density at radius 1 is 1.47 bits per heavy atom. The molecule has 1 aliphatic rings. The van der Waals surface area contributed by atoms with Gasteiger partial charge in [-0.25, -0.2) is 4.98 Å². The van der Waals surface area contributed by atoms with Gasteiger partial charge in [0, 0.05) is 18.5 Å². The lowest BCUT2D eigenvalue weighted by Gasteiger charge is -2.25. The molecule has 1 aliphatic heterocycles. The molecule has 2 rings (SSSR count). The maximum Gasteiger partial charge on any atom is 0.185 e. The highest BCUT2D eigenvalue weighted by molar-refractivity contribution is 7.13. The molecule has 1 saturated heterocycles. The van der Waals surface area contributed by atoms with E-state index in [1.165, 1.54) is 6.08 Å². The minimum absolute atomic E-state index is 0.758. The molecule has 0 N–H and O–H groups in total. The fourth-order valence-corrected chi connectivity index (χ4v) is 2.24. The molecule has 0 spiro atoms. The fraction of sp³-hybridized carbons (Fsp3) is 0.400. The number of allylic oxidation sites excluding steroid dienone is 1. The standard InChI is InChI=1S/C10H12N2O2S/c13-5-1-2-9-8-15-10(11-9)12-3-6-14-7-4-12/h1-2,5,8H,3-4,6-7H2. The predicted molar refractivity (Wildman–Crippen MR) is 60.2 cm³/mol. The molecule has 0 aromatic carbocycles. The van der Waals surface area contributed by atoms with Gasteiger partial charge in [-0.1, -0.05) is 0 Å². The Balaban J connectivity index is 2.05. The number of carbonyl (C=O) groups excluding carboxylic acids is 1. The van der Waals surface area contributed by atoms with Crippen molar-refractivity contribution in [2.45, 2.75) is 0 Å². The van der Waals surface area contributed by atoms with Crippen LogP contribution < -0.4 is 4.90 Å². The van der Waals surface area contributed by atoms with Gasteiger partial charge in [0.2, 0.25) is 0 Å². The number of morpholine rings is 1. The summed E-state index contributed by atoms with van der Waals surface area (Å²) < 4.78 is 5.27. The van der Waals surface area contributed by atoms with Crippen molar-refractivity contribution in [3.8, 4) is 0 Å². The van der Waals surface area contributed by atoms with E-state index in [0.717, 1.165) is 43.4 Å². The lowest BCUT2D eigenvalue weighted by molar-refractivity contribution is -0.104. The van der Waals surface area contributed by atoms with Crippen molar-refractivity contribution in [2.24, 2.45) is 0 Å². The molecule has 0 saturated carbocycles. The van der Waals surface area contributed by atoms with Gasteiger partial charge < -0.3 is 9.64 Å². The number of aromatic nitrogens is 1. The SMILES string of the molecule is O=CC=Cc1csc(N2CCOCC2)n1. The molecular weight excluding hydrogens is 212 g/mol. The molecule has 0 radical (unpaired) electrons. The number of aldehydes is 1. The lowest BCUT2D eigenvalue weighted by atomic mass is 10.4. The third kappa shape index (κ3) is 2.64. The molecule has 1 fully saturated rings. The van der Waals surface area contributed by atoms with Crippen LogP contribution in [-0.2, 0) is 9.53 Å². The normalized spacial score (nSPS) is 17.2. The van der Waals surface area contributed by atoms with E-state index < -0.39 is 0 Å². The monoisotopic (exact) mass is 224 g/mol. The molecular formula is C10H12N2O2S. The molecule has 0 bridgehead atoms. The van der Waals surface area contributed by atoms with Crippen molar-refractivity contribution in [1.29, 1.82) is 0 Å². The maximum absolute atomic E-state index is 10.1. The summed E-state index contributed by atoms with van der Waals surface area (Å²) in [6, 6.07) is 0. The summed E-state index contributed by atoms with van der Waals surface area (Å²) in [7, 11) is 0. The summed E-state index contributed by atoms with van der Waals surface area (Å²) in [4.78, 5) is 16.8. The highest BCUT2D eigenvalue weighted by Crippen LogP contribution is 2.21. The van der Waals surface area contributed by atoms with E-state index in [4.69, 9.17) is 4.74 Å². The Morgan fingerprint density at radius 3 is 3.00 bits per heavy atom. The first-order chi connectivity index (χ1) is 7.40. The van der Waals surface area contributed by atoms with Crippen molar-refractivity contribution in [1.82, 2.24) is 4.98 Å². The van der Waals surface area contributed by atoms with Gasteiger partial charge in [-0.3, -0.25) is 4.79 Å². The molecule has 0 amide bonds. The molecule has 1 aromatic rings. The molecule has 0 atom stereocenters. The molecule has 15 heavy (non-hydrogen) atoms. The van der Waals surface area contributed by atoms with Crippen LogP contribution in [0.5, 0.6) is 0 Å². The zero-order chi connectivity index (χ0) is 10.5. The van der Waals surface area contributed by atoms with Crippen molar-refractivity contribution in [2.75, 3.05) is 31.2 Å². The number of nitrogens with zero attached hydrogens (tertiary/aromatic N) is 2. The fourth-order valence-electron chi connectivity index (χ4n) is 1.39. The average molecular weight is 224 g/mol.